The van der Waals surface area contributed by atoms with Crippen LogP contribution in [0.4, 0.5) is 0 Å². The third-order valence-corrected chi connectivity index (χ3v) is 5.13. The maximum Gasteiger partial charge on any atom is 0.250 e. The lowest BCUT2D eigenvalue weighted by molar-refractivity contribution is -0.118. The number of amides is 1. The van der Waals surface area contributed by atoms with Crippen LogP contribution in [-0.2, 0) is 10.5 Å². The molecule has 0 unspecified atom stereocenters. The molecule has 0 spiro atoms. The Morgan fingerprint density at radius 3 is 2.57 bits per heavy atom. The first-order valence-electron chi connectivity index (χ1n) is 8.79. The number of benzene rings is 3. The predicted molar refractivity (Wildman–Crippen MR) is 115 cm³/mol. The quantitative estimate of drug-likeness (QED) is 0.459. The molecule has 0 radical (unpaired) electrons. The summed E-state index contributed by atoms with van der Waals surface area (Å²) < 4.78 is 10.4. The van der Waals surface area contributed by atoms with Gasteiger partial charge in [-0.1, -0.05) is 42.5 Å². The molecule has 3 rings (SSSR count). The molecule has 1 amide bonds. The van der Waals surface area contributed by atoms with E-state index >= 15 is 0 Å². The standard InChI is InChI=1S/C22H22N2O3S/c1-26-20-10-8-16(12-21(20)27-2)13-23-24-22(25)15-28-14-17-7-9-18-5-3-4-6-19(18)11-17/h3-13H,14-15H2,1-2H3,(H,24,25)/b23-13-. The van der Waals surface area contributed by atoms with Crippen molar-refractivity contribution in [3.8, 4) is 11.5 Å². The Morgan fingerprint density at radius 1 is 1.00 bits per heavy atom. The number of carbonyl (C=O) groups is 1. The number of methoxy groups -OCH3 is 2. The van der Waals surface area contributed by atoms with Gasteiger partial charge < -0.3 is 9.47 Å². The van der Waals surface area contributed by atoms with Crippen LogP contribution in [0, 0.1) is 0 Å². The lowest BCUT2D eigenvalue weighted by Crippen LogP contribution is -2.19. The van der Waals surface area contributed by atoms with Crippen molar-refractivity contribution in [1.29, 1.82) is 0 Å². The second-order valence-electron chi connectivity index (χ2n) is 6.08. The van der Waals surface area contributed by atoms with Crippen molar-refractivity contribution in [2.45, 2.75) is 5.75 Å². The van der Waals surface area contributed by atoms with Gasteiger partial charge in [0.2, 0.25) is 5.91 Å². The predicted octanol–water partition coefficient (Wildman–Crippen LogP) is 4.24. The highest BCUT2D eigenvalue weighted by atomic mass is 32.2. The molecule has 0 aliphatic rings. The normalized spacial score (nSPS) is 10.9. The number of thioether (sulfide) groups is 1. The summed E-state index contributed by atoms with van der Waals surface area (Å²) >= 11 is 1.56. The number of ether oxygens (including phenoxy) is 2. The van der Waals surface area contributed by atoms with Gasteiger partial charge in [-0.05, 0) is 40.1 Å². The molecular formula is C22H22N2O3S. The molecule has 0 fully saturated rings. The van der Waals surface area contributed by atoms with Gasteiger partial charge in [0, 0.05) is 5.75 Å². The SMILES string of the molecule is COc1ccc(/C=N\NC(=O)CSCc2ccc3ccccc3c2)cc1OC. The van der Waals surface area contributed by atoms with E-state index < -0.39 is 0 Å². The molecule has 0 heterocycles. The summed E-state index contributed by atoms with van der Waals surface area (Å²) in [7, 11) is 3.16. The average Bonchev–Trinajstić information content (AvgIpc) is 2.73. The molecule has 3 aromatic rings. The maximum absolute atomic E-state index is 12.0. The van der Waals surface area contributed by atoms with Crippen LogP contribution < -0.4 is 14.9 Å². The fourth-order valence-corrected chi connectivity index (χ4v) is 3.50. The largest absolute Gasteiger partial charge is 0.493 e. The molecule has 0 aliphatic heterocycles. The molecule has 3 aromatic carbocycles. The van der Waals surface area contributed by atoms with Crippen LogP contribution >= 0.6 is 11.8 Å². The minimum Gasteiger partial charge on any atom is -0.493 e. The van der Waals surface area contributed by atoms with E-state index in [9.17, 15) is 4.79 Å². The Morgan fingerprint density at radius 2 is 1.79 bits per heavy atom. The smallest absolute Gasteiger partial charge is 0.250 e. The molecule has 144 valence electrons. The Balaban J connectivity index is 1.47. The first-order valence-corrected chi connectivity index (χ1v) is 9.94. The lowest BCUT2D eigenvalue weighted by atomic mass is 10.1. The number of hydrogen-bond donors (Lipinski definition) is 1. The number of nitrogens with zero attached hydrogens (tertiary/aromatic N) is 1. The van der Waals surface area contributed by atoms with E-state index in [1.54, 1.807) is 44.3 Å². The Kier molecular flexibility index (Phi) is 6.92. The minimum absolute atomic E-state index is 0.137. The summed E-state index contributed by atoms with van der Waals surface area (Å²) in [5, 5.41) is 6.44. The number of carbonyl (C=O) groups excluding carboxylic acids is 1. The number of hydrazone groups is 1. The summed E-state index contributed by atoms with van der Waals surface area (Å²) in [6.45, 7) is 0. The highest BCUT2D eigenvalue weighted by Crippen LogP contribution is 2.26. The molecule has 28 heavy (non-hydrogen) atoms. The Labute approximate surface area is 168 Å². The van der Waals surface area contributed by atoms with Gasteiger partial charge in [0.1, 0.15) is 0 Å². The molecule has 0 aliphatic carbocycles. The van der Waals surface area contributed by atoms with Crippen LogP contribution in [0.2, 0.25) is 0 Å². The molecule has 0 aromatic heterocycles. The third kappa shape index (κ3) is 5.27. The fourth-order valence-electron chi connectivity index (χ4n) is 2.73. The minimum atomic E-state index is -0.137. The van der Waals surface area contributed by atoms with Crippen LogP contribution in [0.3, 0.4) is 0 Å². The second-order valence-corrected chi connectivity index (χ2v) is 7.07. The second kappa shape index (κ2) is 9.80. The van der Waals surface area contributed by atoms with Crippen molar-refractivity contribution in [2.24, 2.45) is 5.10 Å². The number of nitrogens with one attached hydrogen (secondary N) is 1. The van der Waals surface area contributed by atoms with Gasteiger partial charge in [-0.3, -0.25) is 4.79 Å². The Bertz CT molecular complexity index is 988. The van der Waals surface area contributed by atoms with Gasteiger partial charge in [0.05, 0.1) is 26.2 Å². The van der Waals surface area contributed by atoms with Gasteiger partial charge in [0.15, 0.2) is 11.5 Å². The van der Waals surface area contributed by atoms with Crippen molar-refractivity contribution < 1.29 is 14.3 Å². The first kappa shape index (κ1) is 19.8. The van der Waals surface area contributed by atoms with Crippen LogP contribution in [0.15, 0.2) is 65.8 Å². The fraction of sp³-hybridized carbons (Fsp3) is 0.182. The van der Waals surface area contributed by atoms with Crippen molar-refractivity contribution >= 4 is 34.7 Å². The molecule has 0 saturated heterocycles. The molecule has 5 nitrogen and oxygen atoms in total. The van der Waals surface area contributed by atoms with Crippen LogP contribution in [0.25, 0.3) is 10.8 Å². The highest BCUT2D eigenvalue weighted by molar-refractivity contribution is 7.99. The molecule has 0 atom stereocenters. The van der Waals surface area contributed by atoms with E-state index in [1.807, 2.05) is 18.2 Å². The number of rotatable bonds is 8. The first-order chi connectivity index (χ1) is 13.7. The van der Waals surface area contributed by atoms with Crippen molar-refractivity contribution in [3.05, 3.63) is 71.8 Å². The van der Waals surface area contributed by atoms with E-state index in [1.165, 1.54) is 16.3 Å². The van der Waals surface area contributed by atoms with Crippen molar-refractivity contribution in [2.75, 3.05) is 20.0 Å². The molecular weight excluding hydrogens is 372 g/mol. The van der Waals surface area contributed by atoms with Crippen LogP contribution in [0.1, 0.15) is 11.1 Å². The molecule has 0 bridgehead atoms. The number of fused-ring (bicyclic) bond motifs is 1. The van der Waals surface area contributed by atoms with Gasteiger partial charge >= 0.3 is 0 Å². The van der Waals surface area contributed by atoms with Gasteiger partial charge in [-0.2, -0.15) is 5.10 Å². The maximum atomic E-state index is 12.0. The van der Waals surface area contributed by atoms with Gasteiger partial charge in [-0.15, -0.1) is 11.8 Å². The highest BCUT2D eigenvalue weighted by Gasteiger charge is 2.04. The Hall–Kier alpha value is -2.99. The number of hydrogen-bond acceptors (Lipinski definition) is 5. The van der Waals surface area contributed by atoms with Gasteiger partial charge in [-0.25, -0.2) is 5.43 Å². The summed E-state index contributed by atoms with van der Waals surface area (Å²) in [5.41, 5.74) is 4.56. The van der Waals surface area contributed by atoms with Crippen LogP contribution in [0.5, 0.6) is 11.5 Å². The van der Waals surface area contributed by atoms with E-state index in [-0.39, 0.29) is 5.91 Å². The topological polar surface area (TPSA) is 59.9 Å². The summed E-state index contributed by atoms with van der Waals surface area (Å²) in [6.07, 6.45) is 1.58. The molecule has 0 saturated carbocycles. The summed E-state index contributed by atoms with van der Waals surface area (Å²) in [5.74, 6) is 2.24. The lowest BCUT2D eigenvalue weighted by Gasteiger charge is -2.07. The van der Waals surface area contributed by atoms with E-state index in [0.717, 1.165) is 11.3 Å². The zero-order valence-corrected chi connectivity index (χ0v) is 16.7. The van der Waals surface area contributed by atoms with E-state index in [2.05, 4.69) is 40.9 Å². The monoisotopic (exact) mass is 394 g/mol. The summed E-state index contributed by atoms with van der Waals surface area (Å²) in [4.78, 5) is 12.0. The third-order valence-electron chi connectivity index (χ3n) is 4.13. The molecule has 6 heteroatoms. The van der Waals surface area contributed by atoms with E-state index in [4.69, 9.17) is 9.47 Å². The van der Waals surface area contributed by atoms with Crippen LogP contribution in [-0.4, -0.2) is 32.1 Å². The van der Waals surface area contributed by atoms with Crippen molar-refractivity contribution in [3.63, 3.8) is 0 Å². The molecule has 1 N–H and O–H groups in total. The summed E-state index contributed by atoms with van der Waals surface area (Å²) in [6, 6.07) is 20.1. The zero-order chi connectivity index (χ0) is 19.8. The van der Waals surface area contributed by atoms with Gasteiger partial charge in [0.25, 0.3) is 0 Å². The van der Waals surface area contributed by atoms with E-state index in [0.29, 0.717) is 17.3 Å². The zero-order valence-electron chi connectivity index (χ0n) is 15.8. The average molecular weight is 394 g/mol. The van der Waals surface area contributed by atoms with Crippen molar-refractivity contribution in [1.82, 2.24) is 5.43 Å².